The van der Waals surface area contributed by atoms with Crippen molar-refractivity contribution in [1.29, 1.82) is 0 Å². The van der Waals surface area contributed by atoms with Crippen LogP contribution in [0, 0.1) is 0 Å². The highest BCUT2D eigenvalue weighted by atomic mass is 16.5. The van der Waals surface area contributed by atoms with Gasteiger partial charge in [-0.1, -0.05) is 107 Å². The number of esters is 1. The predicted molar refractivity (Wildman–Crippen MR) is 213 cm³/mol. The van der Waals surface area contributed by atoms with Crippen LogP contribution in [0.3, 0.4) is 0 Å². The van der Waals surface area contributed by atoms with E-state index in [2.05, 4.69) is 116 Å². The maximum absolute atomic E-state index is 13.2. The molecule has 0 atom stereocenters. The van der Waals surface area contributed by atoms with Gasteiger partial charge in [0.05, 0.1) is 6.61 Å². The summed E-state index contributed by atoms with van der Waals surface area (Å²) < 4.78 is 12.1. The Bertz CT molecular complexity index is 1500. The number of rotatable bonds is 11. The van der Waals surface area contributed by atoms with Gasteiger partial charge in [-0.25, -0.2) is 0 Å². The topological polar surface area (TPSA) is 96.3 Å². The molecule has 0 aliphatic carbocycles. The van der Waals surface area contributed by atoms with Crippen LogP contribution in [0.4, 0.5) is 0 Å². The number of ether oxygens (including phenoxy) is 2. The van der Waals surface area contributed by atoms with E-state index in [4.69, 9.17) is 9.47 Å². The molecule has 2 aromatic rings. The van der Waals surface area contributed by atoms with E-state index >= 15 is 0 Å². The highest BCUT2D eigenvalue weighted by molar-refractivity contribution is 5.82. The average Bonchev–Trinajstić information content (AvgIpc) is 2.93. The van der Waals surface area contributed by atoms with E-state index in [1.807, 2.05) is 24.3 Å². The lowest BCUT2D eigenvalue weighted by molar-refractivity contribution is -0.161. The summed E-state index contributed by atoms with van der Waals surface area (Å²) in [5, 5.41) is 22.1. The molecule has 292 valence electrons. The standard InChI is InChI=1S/C45H71NO6/c1-40(2,3)33-22-29(23-34(38(33)49)41(4,5)6)17-18-37(48)52-32-26-44(13,14)46(45(15,16)27-32)19-20-51-28-31(47)21-30-24-35(42(7,8)9)39(50)36(25-30)43(10,11)12/h22-25,32,49-50H,17-21,26-28H2,1-16H3. The number of phenolic OH excluding ortho intramolecular Hbond substituents is 2. The van der Waals surface area contributed by atoms with E-state index < -0.39 is 0 Å². The van der Waals surface area contributed by atoms with Gasteiger partial charge in [-0.3, -0.25) is 14.5 Å². The van der Waals surface area contributed by atoms with Crippen molar-refractivity contribution in [2.45, 2.75) is 182 Å². The molecular weight excluding hydrogens is 650 g/mol. The molecule has 7 heteroatoms. The summed E-state index contributed by atoms with van der Waals surface area (Å²) in [6.45, 7) is 34.8. The molecule has 1 fully saturated rings. The van der Waals surface area contributed by atoms with Crippen LogP contribution in [-0.4, -0.2) is 63.8 Å². The molecule has 3 rings (SSSR count). The first-order chi connectivity index (χ1) is 23.4. The van der Waals surface area contributed by atoms with Crippen LogP contribution in [0.1, 0.15) is 163 Å². The number of hydrogen-bond acceptors (Lipinski definition) is 7. The quantitative estimate of drug-likeness (QED) is 0.176. The van der Waals surface area contributed by atoms with E-state index in [-0.39, 0.29) is 70.0 Å². The first kappa shape index (κ1) is 43.5. The van der Waals surface area contributed by atoms with Gasteiger partial charge in [-0.15, -0.1) is 0 Å². The number of likely N-dealkylation sites (tertiary alicyclic amines) is 1. The third-order valence-corrected chi connectivity index (χ3v) is 10.5. The minimum atomic E-state index is -0.258. The minimum absolute atomic E-state index is 0.00566. The number of aryl methyl sites for hydroxylation is 1. The molecule has 0 radical (unpaired) electrons. The van der Waals surface area contributed by atoms with Crippen molar-refractivity contribution < 1.29 is 29.3 Å². The third kappa shape index (κ3) is 11.1. The van der Waals surface area contributed by atoms with Gasteiger partial charge < -0.3 is 19.7 Å². The molecule has 1 saturated heterocycles. The number of nitrogens with zero attached hydrogens (tertiary/aromatic N) is 1. The Kier molecular flexibility index (Phi) is 12.9. The Morgan fingerprint density at radius 1 is 0.692 bits per heavy atom. The number of carbonyl (C=O) groups is 2. The largest absolute Gasteiger partial charge is 0.507 e. The number of hydrogen-bond donors (Lipinski definition) is 2. The van der Waals surface area contributed by atoms with Crippen LogP contribution >= 0.6 is 0 Å². The number of piperidine rings is 1. The molecule has 0 aromatic heterocycles. The number of carbonyl (C=O) groups excluding carboxylic acids is 2. The Labute approximate surface area is 315 Å². The molecule has 52 heavy (non-hydrogen) atoms. The molecule has 0 spiro atoms. The second kappa shape index (κ2) is 15.5. The van der Waals surface area contributed by atoms with Gasteiger partial charge in [0.25, 0.3) is 0 Å². The summed E-state index contributed by atoms with van der Waals surface area (Å²) in [6.07, 6.45) is 2.29. The zero-order valence-electron chi connectivity index (χ0n) is 35.5. The Hall–Kier alpha value is -2.90. The first-order valence-corrected chi connectivity index (χ1v) is 19.2. The maximum Gasteiger partial charge on any atom is 0.306 e. The molecule has 1 aliphatic heterocycles. The monoisotopic (exact) mass is 722 g/mol. The molecule has 1 heterocycles. The van der Waals surface area contributed by atoms with Crippen molar-refractivity contribution in [2.24, 2.45) is 0 Å². The Morgan fingerprint density at radius 2 is 1.08 bits per heavy atom. The lowest BCUT2D eigenvalue weighted by Crippen LogP contribution is -2.63. The summed E-state index contributed by atoms with van der Waals surface area (Å²) in [6, 6.07) is 8.00. The summed E-state index contributed by atoms with van der Waals surface area (Å²) >= 11 is 0. The lowest BCUT2D eigenvalue weighted by atomic mass is 9.78. The second-order valence-electron chi connectivity index (χ2n) is 20.6. The summed E-state index contributed by atoms with van der Waals surface area (Å²) in [4.78, 5) is 28.7. The van der Waals surface area contributed by atoms with Crippen molar-refractivity contribution in [1.82, 2.24) is 4.90 Å². The number of phenols is 2. The number of aromatic hydroxyl groups is 2. The number of Topliss-reactive ketones (excluding diaryl/α,β-unsaturated/α-hetero) is 1. The van der Waals surface area contributed by atoms with Crippen molar-refractivity contribution in [3.8, 4) is 11.5 Å². The van der Waals surface area contributed by atoms with Crippen LogP contribution in [0.15, 0.2) is 24.3 Å². The zero-order chi connectivity index (χ0) is 39.8. The van der Waals surface area contributed by atoms with Crippen LogP contribution in [0.5, 0.6) is 11.5 Å². The van der Waals surface area contributed by atoms with Crippen LogP contribution in [0.25, 0.3) is 0 Å². The normalized spacial score (nSPS) is 17.3. The van der Waals surface area contributed by atoms with Gasteiger partial charge >= 0.3 is 5.97 Å². The summed E-state index contributed by atoms with van der Waals surface area (Å²) in [7, 11) is 0. The maximum atomic E-state index is 13.2. The second-order valence-corrected chi connectivity index (χ2v) is 20.6. The fourth-order valence-electron chi connectivity index (χ4n) is 7.95. The molecule has 2 N–H and O–H groups in total. The van der Waals surface area contributed by atoms with Crippen molar-refractivity contribution >= 4 is 11.8 Å². The Morgan fingerprint density at radius 3 is 1.46 bits per heavy atom. The van der Waals surface area contributed by atoms with Gasteiger partial charge in [-0.05, 0) is 89.2 Å². The predicted octanol–water partition coefficient (Wildman–Crippen LogP) is 9.61. The molecular formula is C45H71NO6. The van der Waals surface area contributed by atoms with Crippen molar-refractivity contribution in [2.75, 3.05) is 19.8 Å². The molecule has 0 unspecified atom stereocenters. The van der Waals surface area contributed by atoms with Crippen LogP contribution in [-0.2, 0) is 53.6 Å². The molecule has 0 saturated carbocycles. The van der Waals surface area contributed by atoms with Gasteiger partial charge in [0.2, 0.25) is 0 Å². The van der Waals surface area contributed by atoms with Gasteiger partial charge in [-0.2, -0.15) is 0 Å². The van der Waals surface area contributed by atoms with Gasteiger partial charge in [0.1, 0.15) is 24.2 Å². The third-order valence-electron chi connectivity index (χ3n) is 10.5. The summed E-state index contributed by atoms with van der Waals surface area (Å²) in [5.41, 5.74) is 3.95. The minimum Gasteiger partial charge on any atom is -0.507 e. The molecule has 0 amide bonds. The fourth-order valence-corrected chi connectivity index (χ4v) is 7.95. The number of benzene rings is 2. The van der Waals surface area contributed by atoms with E-state index in [1.165, 1.54) is 0 Å². The number of ketones is 1. The fraction of sp³-hybridized carbons (Fsp3) is 0.689. The van der Waals surface area contributed by atoms with Crippen molar-refractivity contribution in [3.63, 3.8) is 0 Å². The summed E-state index contributed by atoms with van der Waals surface area (Å²) in [5.74, 6) is 0.464. The zero-order valence-corrected chi connectivity index (χ0v) is 35.5. The van der Waals surface area contributed by atoms with E-state index in [0.717, 1.165) is 33.4 Å². The average molecular weight is 722 g/mol. The highest BCUT2D eigenvalue weighted by Gasteiger charge is 2.46. The SMILES string of the molecule is CC(C)(C)c1cc(CCC(=O)OC2CC(C)(C)N(CCOCC(=O)Cc3cc(C(C)(C)C)c(O)c(C(C)(C)C)c3)C(C)(C)C2)cc(C(C)(C)C)c1O. The van der Waals surface area contributed by atoms with E-state index in [9.17, 15) is 19.8 Å². The smallest absolute Gasteiger partial charge is 0.306 e. The van der Waals surface area contributed by atoms with Crippen LogP contribution < -0.4 is 0 Å². The van der Waals surface area contributed by atoms with Crippen molar-refractivity contribution in [3.05, 3.63) is 57.6 Å². The first-order valence-electron chi connectivity index (χ1n) is 19.2. The Balaban J connectivity index is 1.58. The lowest BCUT2D eigenvalue weighted by Gasteiger charge is -2.54. The molecule has 0 bridgehead atoms. The molecule has 1 aliphatic rings. The highest BCUT2D eigenvalue weighted by Crippen LogP contribution is 2.42. The molecule has 7 nitrogen and oxygen atoms in total. The van der Waals surface area contributed by atoms with E-state index in [0.29, 0.717) is 43.9 Å². The van der Waals surface area contributed by atoms with Crippen LogP contribution in [0.2, 0.25) is 0 Å². The van der Waals surface area contributed by atoms with Gasteiger partial charge in [0.15, 0.2) is 5.78 Å². The van der Waals surface area contributed by atoms with Gasteiger partial charge in [0, 0.05) is 43.3 Å². The van der Waals surface area contributed by atoms with E-state index in [1.54, 1.807) is 0 Å². The molecule has 2 aromatic carbocycles.